The van der Waals surface area contributed by atoms with E-state index in [4.69, 9.17) is 0 Å². The number of thiophene rings is 1. The summed E-state index contributed by atoms with van der Waals surface area (Å²) >= 11 is 1.81. The van der Waals surface area contributed by atoms with Crippen LogP contribution in [0.1, 0.15) is 21.8 Å². The molecule has 0 aromatic carbocycles. The Morgan fingerprint density at radius 2 is 1.80 bits per heavy atom. The minimum absolute atomic E-state index is 0.903. The van der Waals surface area contributed by atoms with E-state index in [1.807, 2.05) is 11.3 Å². The number of aryl methyl sites for hydroxylation is 3. The monoisotopic (exact) mass is 220 g/mol. The van der Waals surface area contributed by atoms with Gasteiger partial charge in [0.2, 0.25) is 0 Å². The van der Waals surface area contributed by atoms with Gasteiger partial charge in [-0.25, -0.2) is 0 Å². The molecule has 0 bridgehead atoms. The van der Waals surface area contributed by atoms with E-state index in [0.29, 0.717) is 0 Å². The fourth-order valence-electron chi connectivity index (χ4n) is 1.65. The third-order valence-corrected chi connectivity index (χ3v) is 3.66. The average Bonchev–Trinajstić information content (AvgIpc) is 2.73. The molecule has 1 N–H and O–H groups in total. The molecule has 0 saturated heterocycles. The molecule has 2 aromatic rings. The molecular weight excluding hydrogens is 204 g/mol. The van der Waals surface area contributed by atoms with Gasteiger partial charge in [0, 0.05) is 16.3 Å². The highest BCUT2D eigenvalue weighted by molar-refractivity contribution is 7.10. The Labute approximate surface area is 94.5 Å². The SMILES string of the molecule is Cc1ccsc1CNn1c(C)ccc1C. The highest BCUT2D eigenvalue weighted by atomic mass is 32.1. The molecule has 2 aromatic heterocycles. The largest absolute Gasteiger partial charge is 0.321 e. The summed E-state index contributed by atoms with van der Waals surface area (Å²) < 4.78 is 2.14. The molecule has 0 spiro atoms. The molecule has 15 heavy (non-hydrogen) atoms. The van der Waals surface area contributed by atoms with Gasteiger partial charge in [0.1, 0.15) is 0 Å². The predicted molar refractivity (Wildman–Crippen MR) is 66.0 cm³/mol. The van der Waals surface area contributed by atoms with Crippen molar-refractivity contribution < 1.29 is 0 Å². The van der Waals surface area contributed by atoms with E-state index in [0.717, 1.165) is 6.54 Å². The van der Waals surface area contributed by atoms with Crippen LogP contribution >= 0.6 is 11.3 Å². The first-order valence-electron chi connectivity index (χ1n) is 5.10. The number of nitrogens with zero attached hydrogens (tertiary/aromatic N) is 1. The van der Waals surface area contributed by atoms with Crippen LogP contribution in [0, 0.1) is 20.8 Å². The van der Waals surface area contributed by atoms with E-state index in [2.05, 4.69) is 54.5 Å². The summed E-state index contributed by atoms with van der Waals surface area (Å²) in [5.41, 5.74) is 7.31. The molecular formula is C12H16N2S. The van der Waals surface area contributed by atoms with Gasteiger partial charge < -0.3 is 5.43 Å². The summed E-state index contributed by atoms with van der Waals surface area (Å²) in [7, 11) is 0. The van der Waals surface area contributed by atoms with Gasteiger partial charge in [-0.3, -0.25) is 4.68 Å². The van der Waals surface area contributed by atoms with Gasteiger partial charge in [-0.15, -0.1) is 11.3 Å². The summed E-state index contributed by atoms with van der Waals surface area (Å²) in [5, 5.41) is 2.14. The van der Waals surface area contributed by atoms with E-state index >= 15 is 0 Å². The van der Waals surface area contributed by atoms with E-state index < -0.39 is 0 Å². The summed E-state index contributed by atoms with van der Waals surface area (Å²) in [6, 6.07) is 6.42. The molecule has 0 amide bonds. The lowest BCUT2D eigenvalue weighted by atomic mass is 10.3. The van der Waals surface area contributed by atoms with Crippen molar-refractivity contribution in [2.45, 2.75) is 27.3 Å². The third-order valence-electron chi connectivity index (χ3n) is 2.64. The van der Waals surface area contributed by atoms with E-state index in [-0.39, 0.29) is 0 Å². The summed E-state index contributed by atoms with van der Waals surface area (Å²) in [5.74, 6) is 0. The maximum absolute atomic E-state index is 3.43. The molecule has 0 unspecified atom stereocenters. The van der Waals surface area contributed by atoms with Gasteiger partial charge in [-0.2, -0.15) is 0 Å². The van der Waals surface area contributed by atoms with Crippen molar-refractivity contribution in [3.8, 4) is 0 Å². The Kier molecular flexibility index (Phi) is 2.82. The Bertz CT molecular complexity index is 434. The highest BCUT2D eigenvalue weighted by Gasteiger charge is 2.02. The summed E-state index contributed by atoms with van der Waals surface area (Å²) in [6.07, 6.45) is 0. The predicted octanol–water partition coefficient (Wildman–Crippen LogP) is 3.22. The fraction of sp³-hybridized carbons (Fsp3) is 0.333. The molecule has 0 saturated carbocycles. The van der Waals surface area contributed by atoms with Crippen LogP contribution in [0.2, 0.25) is 0 Å². The van der Waals surface area contributed by atoms with Crippen molar-refractivity contribution in [3.05, 3.63) is 45.4 Å². The first kappa shape index (κ1) is 10.3. The van der Waals surface area contributed by atoms with Crippen molar-refractivity contribution in [1.82, 2.24) is 4.68 Å². The zero-order valence-electron chi connectivity index (χ0n) is 9.37. The molecule has 0 fully saturated rings. The first-order valence-corrected chi connectivity index (χ1v) is 5.98. The molecule has 0 aliphatic rings. The van der Waals surface area contributed by atoms with Crippen molar-refractivity contribution in [2.75, 3.05) is 5.43 Å². The van der Waals surface area contributed by atoms with Crippen LogP contribution in [0.15, 0.2) is 23.6 Å². The van der Waals surface area contributed by atoms with Gasteiger partial charge in [0.25, 0.3) is 0 Å². The van der Waals surface area contributed by atoms with Gasteiger partial charge in [-0.05, 0) is 49.9 Å². The van der Waals surface area contributed by atoms with Gasteiger partial charge >= 0.3 is 0 Å². The van der Waals surface area contributed by atoms with Crippen LogP contribution in [0.25, 0.3) is 0 Å². The highest BCUT2D eigenvalue weighted by Crippen LogP contribution is 2.15. The van der Waals surface area contributed by atoms with Crippen molar-refractivity contribution in [2.24, 2.45) is 0 Å². The van der Waals surface area contributed by atoms with Gasteiger partial charge in [0.15, 0.2) is 0 Å². The number of hydrogen-bond acceptors (Lipinski definition) is 2. The van der Waals surface area contributed by atoms with Crippen LogP contribution in [0.4, 0.5) is 0 Å². The van der Waals surface area contributed by atoms with Crippen LogP contribution in [0.5, 0.6) is 0 Å². The van der Waals surface area contributed by atoms with E-state index in [1.165, 1.54) is 21.8 Å². The lowest BCUT2D eigenvalue weighted by molar-refractivity contribution is 0.796. The van der Waals surface area contributed by atoms with Gasteiger partial charge in [0.05, 0.1) is 6.54 Å². The van der Waals surface area contributed by atoms with Gasteiger partial charge in [-0.1, -0.05) is 0 Å². The van der Waals surface area contributed by atoms with Crippen molar-refractivity contribution in [3.63, 3.8) is 0 Å². The first-order chi connectivity index (χ1) is 7.18. The molecule has 2 nitrogen and oxygen atoms in total. The van der Waals surface area contributed by atoms with Crippen molar-refractivity contribution >= 4 is 11.3 Å². The zero-order valence-corrected chi connectivity index (χ0v) is 10.2. The Morgan fingerprint density at radius 1 is 1.13 bits per heavy atom. The molecule has 3 heteroatoms. The van der Waals surface area contributed by atoms with E-state index in [1.54, 1.807) is 0 Å². The van der Waals surface area contributed by atoms with Crippen LogP contribution in [0.3, 0.4) is 0 Å². The number of hydrogen-bond donors (Lipinski definition) is 1. The van der Waals surface area contributed by atoms with Crippen LogP contribution in [-0.4, -0.2) is 4.68 Å². The molecule has 0 radical (unpaired) electrons. The van der Waals surface area contributed by atoms with E-state index in [9.17, 15) is 0 Å². The molecule has 2 heterocycles. The topological polar surface area (TPSA) is 17.0 Å². The minimum atomic E-state index is 0.903. The van der Waals surface area contributed by atoms with Crippen molar-refractivity contribution in [1.29, 1.82) is 0 Å². The second kappa shape index (κ2) is 4.11. The number of nitrogens with one attached hydrogen (secondary N) is 1. The number of aromatic nitrogens is 1. The third kappa shape index (κ3) is 2.07. The standard InChI is InChI=1S/C12H16N2S/c1-9-6-7-15-12(9)8-13-14-10(2)4-5-11(14)3/h4-7,13H,8H2,1-3H3. The lowest BCUT2D eigenvalue weighted by Gasteiger charge is -2.12. The maximum atomic E-state index is 3.43. The zero-order chi connectivity index (χ0) is 10.8. The number of rotatable bonds is 3. The Hall–Kier alpha value is -1.22. The summed E-state index contributed by atoms with van der Waals surface area (Å²) in [6.45, 7) is 7.28. The molecule has 80 valence electrons. The Balaban J connectivity index is 2.08. The quantitative estimate of drug-likeness (QED) is 0.840. The Morgan fingerprint density at radius 3 is 2.33 bits per heavy atom. The second-order valence-electron chi connectivity index (χ2n) is 3.81. The smallest absolute Gasteiger partial charge is 0.0660 e. The minimum Gasteiger partial charge on any atom is -0.321 e. The van der Waals surface area contributed by atoms with Crippen LogP contribution < -0.4 is 5.43 Å². The molecule has 0 aliphatic carbocycles. The fourth-order valence-corrected chi connectivity index (χ4v) is 2.49. The lowest BCUT2D eigenvalue weighted by Crippen LogP contribution is -2.16. The average molecular weight is 220 g/mol. The summed E-state index contributed by atoms with van der Waals surface area (Å²) in [4.78, 5) is 1.41. The molecule has 2 rings (SSSR count). The maximum Gasteiger partial charge on any atom is 0.0660 e. The second-order valence-corrected chi connectivity index (χ2v) is 4.81. The molecule has 0 aliphatic heterocycles. The van der Waals surface area contributed by atoms with Crippen LogP contribution in [-0.2, 0) is 6.54 Å². The molecule has 0 atom stereocenters. The normalized spacial score (nSPS) is 10.6.